The lowest BCUT2D eigenvalue weighted by Crippen LogP contribution is -2.12. The number of ketones is 1. The first-order valence-corrected chi connectivity index (χ1v) is 14.3. The van der Waals surface area contributed by atoms with Crippen molar-refractivity contribution < 1.29 is 14.3 Å². The Balaban J connectivity index is 2.42. The number of ether oxygens (including phenoxy) is 2. The average Bonchev–Trinajstić information content (AvgIpc) is 2.97. The molecule has 40 heavy (non-hydrogen) atoms. The first-order chi connectivity index (χ1) is 19.2. The molecule has 0 aromatic heterocycles. The molecule has 0 aliphatic carbocycles. The smallest absolute Gasteiger partial charge is 0.162 e. The fourth-order valence-electron chi connectivity index (χ4n) is 4.87. The van der Waals surface area contributed by atoms with Gasteiger partial charge in [0.2, 0.25) is 0 Å². The Morgan fingerprint density at radius 2 is 1.70 bits per heavy atom. The zero-order valence-corrected chi connectivity index (χ0v) is 25.4. The van der Waals surface area contributed by atoms with E-state index < -0.39 is 0 Å². The Kier molecular flexibility index (Phi) is 13.2. The fraction of sp³-hybridized carbons (Fsp3) is 0.389. The van der Waals surface area contributed by atoms with Crippen LogP contribution in [-0.2, 0) is 0 Å². The number of rotatable bonds is 15. The Morgan fingerprint density at radius 1 is 1.02 bits per heavy atom. The molecule has 0 aliphatic heterocycles. The molecule has 2 rings (SSSR count). The van der Waals surface area contributed by atoms with Gasteiger partial charge in [-0.15, -0.1) is 0 Å². The minimum absolute atomic E-state index is 0.0839. The number of nitrogens with zero attached hydrogens (tertiary/aromatic N) is 1. The lowest BCUT2D eigenvalue weighted by Gasteiger charge is -2.18. The van der Waals surface area contributed by atoms with Gasteiger partial charge >= 0.3 is 0 Å². The van der Waals surface area contributed by atoms with Crippen molar-refractivity contribution in [1.82, 2.24) is 0 Å². The van der Waals surface area contributed by atoms with Crippen molar-refractivity contribution >= 4 is 16.9 Å². The van der Waals surface area contributed by atoms with Crippen molar-refractivity contribution in [3.8, 4) is 17.6 Å². The molecule has 0 amide bonds. The van der Waals surface area contributed by atoms with E-state index in [1.165, 1.54) is 0 Å². The highest BCUT2D eigenvalue weighted by molar-refractivity contribution is 5.97. The third-order valence-electron chi connectivity index (χ3n) is 7.16. The van der Waals surface area contributed by atoms with Crippen molar-refractivity contribution in [2.24, 2.45) is 5.92 Å². The Bertz CT molecular complexity index is 1310. The maximum atomic E-state index is 12.2. The molecule has 4 nitrogen and oxygen atoms in total. The van der Waals surface area contributed by atoms with Gasteiger partial charge in [0.25, 0.3) is 0 Å². The largest absolute Gasteiger partial charge is 0.496 e. The number of carbonyl (C=O) groups is 1. The number of benzene rings is 2. The molecule has 212 valence electrons. The third kappa shape index (κ3) is 8.58. The van der Waals surface area contributed by atoms with Crippen molar-refractivity contribution in [3.63, 3.8) is 0 Å². The normalized spacial score (nSPS) is 12.3. The maximum absolute atomic E-state index is 12.2. The highest BCUT2D eigenvalue weighted by Gasteiger charge is 2.14. The topological polar surface area (TPSA) is 59.3 Å². The van der Waals surface area contributed by atoms with Crippen molar-refractivity contribution in [3.05, 3.63) is 94.6 Å². The van der Waals surface area contributed by atoms with Crippen LogP contribution in [0.3, 0.4) is 0 Å². The maximum Gasteiger partial charge on any atom is 0.162 e. The van der Waals surface area contributed by atoms with E-state index >= 15 is 0 Å². The molecule has 0 saturated carbocycles. The summed E-state index contributed by atoms with van der Waals surface area (Å²) >= 11 is 0. The third-order valence-corrected chi connectivity index (χ3v) is 7.16. The summed E-state index contributed by atoms with van der Waals surface area (Å²) in [5.41, 5.74) is 6.84. The monoisotopic (exact) mass is 539 g/mol. The SMILES string of the molecule is C=C(/C=C(\C)c1ccc(C(=O)CC)cc1OC)/C(C)=C(\C=C/C)c1ccc(OCC(CCC)CCC)c(C#N)c1. The molecular weight excluding hydrogens is 494 g/mol. The summed E-state index contributed by atoms with van der Waals surface area (Å²) in [6, 6.07) is 13.7. The van der Waals surface area contributed by atoms with Crippen LogP contribution in [0.15, 0.2) is 72.4 Å². The van der Waals surface area contributed by atoms with Gasteiger partial charge in [-0.3, -0.25) is 4.79 Å². The highest BCUT2D eigenvalue weighted by Crippen LogP contribution is 2.33. The zero-order chi connectivity index (χ0) is 29.7. The zero-order valence-electron chi connectivity index (χ0n) is 25.4. The first-order valence-electron chi connectivity index (χ1n) is 14.3. The van der Waals surface area contributed by atoms with E-state index in [4.69, 9.17) is 9.47 Å². The van der Waals surface area contributed by atoms with Crippen molar-refractivity contribution in [1.29, 1.82) is 5.26 Å². The Labute approximate surface area is 241 Å². The van der Waals surface area contributed by atoms with Crippen LogP contribution in [0.25, 0.3) is 11.1 Å². The van der Waals surface area contributed by atoms with Crippen molar-refractivity contribution in [2.45, 2.75) is 73.6 Å². The van der Waals surface area contributed by atoms with Crippen molar-refractivity contribution in [2.75, 3.05) is 13.7 Å². The van der Waals surface area contributed by atoms with Crippen LogP contribution in [0.1, 0.15) is 101 Å². The molecule has 0 unspecified atom stereocenters. The van der Waals surface area contributed by atoms with Gasteiger partial charge in [-0.1, -0.05) is 76.6 Å². The van der Waals surface area contributed by atoms with Gasteiger partial charge in [-0.2, -0.15) is 5.26 Å². The molecule has 4 heteroatoms. The first kappa shape index (κ1) is 32.4. The molecule has 0 bridgehead atoms. The summed E-state index contributed by atoms with van der Waals surface area (Å²) in [5, 5.41) is 9.91. The number of hydrogen-bond acceptors (Lipinski definition) is 4. The minimum atomic E-state index is 0.0839. The molecule has 0 N–H and O–H groups in total. The number of methoxy groups -OCH3 is 1. The van der Waals surface area contributed by atoms with Crippen LogP contribution in [0.4, 0.5) is 0 Å². The van der Waals surface area contributed by atoms with E-state index in [9.17, 15) is 10.1 Å². The Morgan fingerprint density at radius 3 is 2.27 bits per heavy atom. The molecular formula is C36H45NO3. The lowest BCUT2D eigenvalue weighted by molar-refractivity contribution is 0.0988. The number of carbonyl (C=O) groups excluding carboxylic acids is 1. The number of hydrogen-bond donors (Lipinski definition) is 0. The number of nitriles is 1. The van der Waals surface area contributed by atoms with Gasteiger partial charge < -0.3 is 9.47 Å². The molecule has 0 spiro atoms. The highest BCUT2D eigenvalue weighted by atomic mass is 16.5. The second-order valence-corrected chi connectivity index (χ2v) is 10.2. The summed E-state index contributed by atoms with van der Waals surface area (Å²) in [6.45, 7) is 17.3. The van der Waals surface area contributed by atoms with Crippen LogP contribution in [0.2, 0.25) is 0 Å². The minimum Gasteiger partial charge on any atom is -0.496 e. The summed E-state index contributed by atoms with van der Waals surface area (Å²) < 4.78 is 11.7. The standard InChI is InChI=1S/C36H45NO3/c1-9-13-28(14-10-2)24-40-35-19-17-29(21-31(35)23-37)33(15-11-3)27(7)25(5)20-26(6)32-18-16-30(34(38)12-4)22-36(32)39-8/h11,15-22,28H,5,9-10,12-14,24H2,1-4,6-8H3/b15-11-,26-20+,33-27+. The lowest BCUT2D eigenvalue weighted by atomic mass is 9.92. The molecule has 0 atom stereocenters. The molecule has 2 aromatic rings. The summed E-state index contributed by atoms with van der Waals surface area (Å²) in [6.07, 6.45) is 11.0. The Hall–Kier alpha value is -3.84. The van der Waals surface area contributed by atoms with E-state index in [1.54, 1.807) is 13.2 Å². The summed E-state index contributed by atoms with van der Waals surface area (Å²) in [5.74, 6) is 1.88. The molecule has 0 heterocycles. The predicted molar refractivity (Wildman–Crippen MR) is 168 cm³/mol. The number of Topliss-reactive ketones (excluding diaryl/α,β-unsaturated/α-hetero) is 1. The second-order valence-electron chi connectivity index (χ2n) is 10.2. The van der Waals surface area contributed by atoms with Gasteiger partial charge in [0, 0.05) is 17.5 Å². The van der Waals surface area contributed by atoms with Gasteiger partial charge in [0.15, 0.2) is 5.78 Å². The van der Waals surface area contributed by atoms with E-state index in [0.717, 1.165) is 59.1 Å². The van der Waals surface area contributed by atoms with Crippen LogP contribution in [0.5, 0.6) is 11.5 Å². The molecule has 0 fully saturated rings. The molecule has 0 saturated heterocycles. The fourth-order valence-corrected chi connectivity index (χ4v) is 4.87. The quantitative estimate of drug-likeness (QED) is 0.167. The van der Waals surface area contributed by atoms with E-state index in [1.807, 2.05) is 76.3 Å². The average molecular weight is 540 g/mol. The predicted octanol–water partition coefficient (Wildman–Crippen LogP) is 9.76. The van der Waals surface area contributed by atoms with Gasteiger partial charge in [0.05, 0.1) is 19.3 Å². The molecule has 0 aliphatic rings. The van der Waals surface area contributed by atoms with Gasteiger partial charge in [-0.25, -0.2) is 0 Å². The summed E-state index contributed by atoms with van der Waals surface area (Å²) in [7, 11) is 1.62. The van der Waals surface area contributed by atoms with E-state index in [0.29, 0.717) is 41.6 Å². The van der Waals surface area contributed by atoms with Crippen LogP contribution in [0, 0.1) is 17.2 Å². The number of allylic oxidation sites excluding steroid dienone is 7. The van der Waals surface area contributed by atoms with E-state index in [-0.39, 0.29) is 5.78 Å². The second kappa shape index (κ2) is 16.3. The van der Waals surface area contributed by atoms with E-state index in [2.05, 4.69) is 26.5 Å². The summed E-state index contributed by atoms with van der Waals surface area (Å²) in [4.78, 5) is 12.2. The molecule has 2 aromatic carbocycles. The van der Waals surface area contributed by atoms with Crippen LogP contribution in [-0.4, -0.2) is 19.5 Å². The van der Waals surface area contributed by atoms with Gasteiger partial charge in [-0.05, 0) is 85.6 Å². The molecule has 0 radical (unpaired) electrons. The van der Waals surface area contributed by atoms with Crippen LogP contribution >= 0.6 is 0 Å². The van der Waals surface area contributed by atoms with Crippen LogP contribution < -0.4 is 9.47 Å². The van der Waals surface area contributed by atoms with Gasteiger partial charge in [0.1, 0.15) is 17.6 Å².